The predicted octanol–water partition coefficient (Wildman–Crippen LogP) is 10.5. The highest BCUT2D eigenvalue weighted by atomic mass is 16.3. The first-order chi connectivity index (χ1) is 54.2. The number of rotatable bonds is 17. The predicted molar refractivity (Wildman–Crippen MR) is 412 cm³/mol. The molecule has 0 unspecified atom stereocenters. The Labute approximate surface area is 642 Å². The third-order valence-corrected chi connectivity index (χ3v) is 18.3. The molecule has 0 radical (unpaired) electrons. The first-order valence-electron chi connectivity index (χ1n) is 34.3. The van der Waals surface area contributed by atoms with Crippen molar-refractivity contribution in [3.8, 4) is 6.07 Å². The zero-order valence-corrected chi connectivity index (χ0v) is 59.6. The van der Waals surface area contributed by atoms with Crippen LogP contribution < -0.4 is 38.1 Å². The van der Waals surface area contributed by atoms with Crippen molar-refractivity contribution in [2.45, 2.75) is 52.1 Å². The van der Waals surface area contributed by atoms with Crippen molar-refractivity contribution in [2.75, 3.05) is 45.1 Å². The number of Topliss-reactive ketones (excluding diaryl/α,β-unsaturated/α-hetero) is 7. The summed E-state index contributed by atoms with van der Waals surface area (Å²) in [6, 6.07) is 51.9. The quantitative estimate of drug-likeness (QED) is 0.0133. The largest absolute Gasteiger partial charge is 0.399 e. The van der Waals surface area contributed by atoms with Crippen molar-refractivity contribution in [3.63, 3.8) is 0 Å². The van der Waals surface area contributed by atoms with Crippen molar-refractivity contribution in [1.82, 2.24) is 4.90 Å². The third kappa shape index (κ3) is 17.5. The molecule has 4 aliphatic rings. The van der Waals surface area contributed by atoms with Gasteiger partial charge in [0.05, 0.1) is 109 Å². The number of hydrogen-bond acceptors (Lipinski definition) is 21. The van der Waals surface area contributed by atoms with Crippen LogP contribution in [-0.2, 0) is 32.8 Å². The van der Waals surface area contributed by atoms with Crippen molar-refractivity contribution in [2.24, 2.45) is 0 Å². The summed E-state index contributed by atoms with van der Waals surface area (Å²) < 4.78 is 0. The van der Waals surface area contributed by atoms with Crippen LogP contribution in [0.1, 0.15) is 198 Å². The highest BCUT2D eigenvalue weighted by Gasteiger charge is 2.38. The van der Waals surface area contributed by atoms with E-state index in [2.05, 4.69) is 31.4 Å². The van der Waals surface area contributed by atoms with Gasteiger partial charge in [-0.1, -0.05) is 78.9 Å². The third-order valence-electron chi connectivity index (χ3n) is 18.3. The van der Waals surface area contributed by atoms with Gasteiger partial charge in [-0.15, -0.1) is 0 Å². The van der Waals surface area contributed by atoms with Crippen molar-refractivity contribution in [3.05, 3.63) is 317 Å². The van der Waals surface area contributed by atoms with E-state index in [0.29, 0.717) is 61.4 Å². The standard InChI is InChI=1S/C25H15N5O4.C23H16N2O4.C19H17NO5.C18H16N2O5/c1-27-17-9-7-16(8-10-17)22(31)28-18-11-19-21(25(34)30(2)24(19)33)20(12-18)29-23(32)15-5-3-14(13-26)4-6-15;26-19-13-20(27)21-17(19)11-16(24-22(28)14-7-3-1-4-8-14)12-18(21)25-23(29)15-9-5-2-6-10-15;20-15-4-10(3-14-17(24)7-18(25)19(14)15)5-16(23)11-1-2-12(8-21)13(6-11)9-22;19-12-4-13-15(23)6-16(24)17(13)14(5-12)20-18(25)9-1-2-10(7-21)11(3-9)8-22/h3-12H,2H3,(H,28,31)(H,29,32);1-12H,13H2,(H,24,28)(H,25,29);1-4,6,21-22H,5,7-9,20H2;1-5,21-22H,6-8,19H2,(H,20,25). The number of hydrogen-bond donors (Lipinski definition) is 11. The van der Waals surface area contributed by atoms with E-state index in [0.717, 1.165) is 4.90 Å². The Kier molecular flexibility index (Phi) is 24.0. The SMILES string of the molecule is Nc1cc(CC(=O)c2ccc(CO)c(CO)c2)cc2c1C(=O)CC2=O.Nc1cc(NC(=O)c2ccc(CO)c(CO)c2)c2c(c1)C(=O)CC2=O.O=C(Nc1cc(NC(=O)c2ccccc2)c2c(c1)C(=O)CC2=O)c1ccccc1.[C-]#[N+]c1ccc(C(=O)Nc2cc(NC(=O)c3ccc(C#N)cc3)c3c(c2)C(=O)N(C)C3=O)cc1. The minimum atomic E-state index is -0.581. The van der Waals surface area contributed by atoms with E-state index in [9.17, 15) is 87.5 Å². The Morgan fingerprint density at radius 1 is 0.416 bits per heavy atom. The van der Waals surface area contributed by atoms with Crippen molar-refractivity contribution < 1.29 is 87.5 Å². The average molecular weight is 1510 g/mol. The van der Waals surface area contributed by atoms with Gasteiger partial charge in [0.1, 0.15) is 0 Å². The van der Waals surface area contributed by atoms with E-state index < -0.39 is 35.4 Å². The Bertz CT molecular complexity index is 5780. The summed E-state index contributed by atoms with van der Waals surface area (Å²) in [5, 5.41) is 59.3. The minimum Gasteiger partial charge on any atom is -0.399 e. The second-order valence-electron chi connectivity index (χ2n) is 25.8. The van der Waals surface area contributed by atoms with Gasteiger partial charge in [-0.2, -0.15) is 5.26 Å². The molecule has 0 saturated heterocycles. The number of nitrogens with zero attached hydrogens (tertiary/aromatic N) is 3. The van der Waals surface area contributed by atoms with E-state index >= 15 is 0 Å². The smallest absolute Gasteiger partial charge is 0.263 e. The van der Waals surface area contributed by atoms with Crippen LogP contribution in [0.25, 0.3) is 4.85 Å². The number of nitrogen functional groups attached to an aromatic ring is 2. The molecule has 3 aliphatic carbocycles. The number of aliphatic hydroxyl groups is 4. The van der Waals surface area contributed by atoms with Crippen LogP contribution in [0.2, 0.25) is 0 Å². The topological polar surface area (TPSA) is 463 Å². The number of nitrogens with one attached hydrogen (secondary N) is 5. The molecule has 1 heterocycles. The van der Waals surface area contributed by atoms with Crippen LogP contribution in [0.3, 0.4) is 0 Å². The molecule has 113 heavy (non-hydrogen) atoms. The normalized spacial score (nSPS) is 12.6. The van der Waals surface area contributed by atoms with Gasteiger partial charge >= 0.3 is 0 Å². The maximum Gasteiger partial charge on any atom is 0.263 e. The molecule has 0 fully saturated rings. The number of nitriles is 1. The van der Waals surface area contributed by atoms with E-state index in [1.54, 1.807) is 97.1 Å². The number of imide groups is 1. The molecule has 0 bridgehead atoms. The molecule has 10 aromatic carbocycles. The summed E-state index contributed by atoms with van der Waals surface area (Å²) in [5.41, 5.74) is 19.8. The summed E-state index contributed by atoms with van der Waals surface area (Å²) in [5.74, 6) is -5.63. The highest BCUT2D eigenvalue weighted by molar-refractivity contribution is 6.30. The van der Waals surface area contributed by atoms with E-state index in [1.165, 1.54) is 104 Å². The molecule has 10 aromatic rings. The zero-order chi connectivity index (χ0) is 81.1. The van der Waals surface area contributed by atoms with E-state index in [4.69, 9.17) is 23.3 Å². The number of fused-ring (bicyclic) bond motifs is 4. The number of amides is 7. The molecule has 0 saturated carbocycles. The number of anilines is 7. The number of benzene rings is 10. The van der Waals surface area contributed by atoms with Gasteiger partial charge < -0.3 is 58.5 Å². The summed E-state index contributed by atoms with van der Waals surface area (Å²) in [6.07, 6.45) is -0.650. The van der Waals surface area contributed by atoms with Crippen molar-refractivity contribution in [1.29, 1.82) is 5.26 Å². The Hall–Kier alpha value is -15.2. The van der Waals surface area contributed by atoms with Crippen LogP contribution in [0, 0.1) is 17.9 Å². The second-order valence-corrected chi connectivity index (χ2v) is 25.8. The van der Waals surface area contributed by atoms with Crippen molar-refractivity contribution >= 4 is 127 Å². The molecule has 28 nitrogen and oxygen atoms in total. The molecule has 0 spiro atoms. The van der Waals surface area contributed by atoms with Crippen LogP contribution in [0.15, 0.2) is 194 Å². The lowest BCUT2D eigenvalue weighted by Gasteiger charge is -2.13. The van der Waals surface area contributed by atoms with Gasteiger partial charge in [-0.05, 0) is 143 Å². The van der Waals surface area contributed by atoms with Gasteiger partial charge in [0.2, 0.25) is 0 Å². The van der Waals surface area contributed by atoms with Gasteiger partial charge in [0, 0.05) is 86.3 Å². The molecule has 562 valence electrons. The summed E-state index contributed by atoms with van der Waals surface area (Å²) in [6.45, 7) is 5.92. The number of carbonyl (C=O) groups is 14. The van der Waals surface area contributed by atoms with Crippen LogP contribution >= 0.6 is 0 Å². The Balaban J connectivity index is 0.000000150. The molecule has 7 amide bonds. The van der Waals surface area contributed by atoms with Crippen LogP contribution in [0.5, 0.6) is 0 Å². The van der Waals surface area contributed by atoms with Gasteiger partial charge in [-0.3, -0.25) is 72.0 Å². The Morgan fingerprint density at radius 2 is 0.814 bits per heavy atom. The van der Waals surface area contributed by atoms with Gasteiger partial charge in [0.25, 0.3) is 41.4 Å². The summed E-state index contributed by atoms with van der Waals surface area (Å²) >= 11 is 0. The molecule has 28 heteroatoms. The molecule has 13 N–H and O–H groups in total. The van der Waals surface area contributed by atoms with Gasteiger partial charge in [0.15, 0.2) is 46.2 Å². The van der Waals surface area contributed by atoms with Crippen LogP contribution in [-0.4, -0.2) is 114 Å². The molecular weight excluding hydrogens is 1450 g/mol. The number of aliphatic hydroxyl groups excluding tert-OH is 4. The monoisotopic (exact) mass is 1510 g/mol. The fourth-order valence-electron chi connectivity index (χ4n) is 12.6. The van der Waals surface area contributed by atoms with Crippen LogP contribution in [0.4, 0.5) is 45.5 Å². The molecule has 0 atom stereocenters. The highest BCUT2D eigenvalue weighted by Crippen LogP contribution is 2.37. The fraction of sp³-hybridized carbons (Fsp3) is 0.106. The first kappa shape index (κ1) is 78.9. The fourth-order valence-corrected chi connectivity index (χ4v) is 12.6. The number of carbonyl (C=O) groups excluding carboxylic acids is 14. The average Bonchev–Trinajstić information content (AvgIpc) is 1.65. The first-order valence-corrected chi connectivity index (χ1v) is 34.3. The maximum absolute atomic E-state index is 12.8. The molecular formula is C85H64N10O18. The second kappa shape index (κ2) is 34.4. The number of ketones is 7. The minimum absolute atomic E-state index is 0.0162. The lowest BCUT2D eigenvalue weighted by atomic mass is 9.96. The lowest BCUT2D eigenvalue weighted by molar-refractivity contribution is 0.0689. The number of nitrogens with two attached hydrogens (primary N) is 2. The summed E-state index contributed by atoms with van der Waals surface area (Å²) in [4.78, 5) is 177. The molecule has 1 aliphatic heterocycles. The summed E-state index contributed by atoms with van der Waals surface area (Å²) in [7, 11) is 1.33. The van der Waals surface area contributed by atoms with E-state index in [-0.39, 0.29) is 194 Å². The Morgan fingerprint density at radius 3 is 1.30 bits per heavy atom. The zero-order valence-electron chi connectivity index (χ0n) is 59.6. The maximum atomic E-state index is 12.8. The van der Waals surface area contributed by atoms with Gasteiger partial charge in [-0.25, -0.2) is 4.85 Å². The molecule has 14 rings (SSSR count). The van der Waals surface area contributed by atoms with E-state index in [1.807, 2.05) is 6.07 Å². The molecule has 0 aromatic heterocycles. The lowest BCUT2D eigenvalue weighted by Crippen LogP contribution is -2.24.